The zero-order chi connectivity index (χ0) is 12.3. The molecule has 17 heavy (non-hydrogen) atoms. The zero-order valence-corrected chi connectivity index (χ0v) is 9.21. The van der Waals surface area contributed by atoms with Crippen molar-refractivity contribution < 1.29 is 19.2 Å². The molecule has 88 valence electrons. The number of para-hydroxylation sites is 1. The van der Waals surface area contributed by atoms with Gasteiger partial charge in [0.25, 0.3) is 0 Å². The van der Waals surface area contributed by atoms with Gasteiger partial charge in [-0.15, -0.1) is 0 Å². The van der Waals surface area contributed by atoms with Crippen LogP contribution in [0.4, 0.5) is 0 Å². The molecule has 0 atom stereocenters. The molecule has 2 rings (SSSR count). The molecule has 0 radical (unpaired) electrons. The Labute approximate surface area is 97.6 Å². The molecular formula is C12H11NO4. The second kappa shape index (κ2) is 4.69. The summed E-state index contributed by atoms with van der Waals surface area (Å²) in [5, 5.41) is 13.1. The first kappa shape index (κ1) is 11.2. The number of aryl methyl sites for hydroxylation is 1. The van der Waals surface area contributed by atoms with Gasteiger partial charge in [0.1, 0.15) is 11.3 Å². The molecule has 1 aromatic heterocycles. The summed E-state index contributed by atoms with van der Waals surface area (Å²) in [6.45, 7) is 1.77. The molecule has 2 aromatic rings. The minimum atomic E-state index is -0.600. The molecule has 0 bridgehead atoms. The summed E-state index contributed by atoms with van der Waals surface area (Å²) < 4.78 is 9.87. The largest absolute Gasteiger partial charge is 0.507 e. The molecule has 0 unspecified atom stereocenters. The maximum absolute atomic E-state index is 11.6. The van der Waals surface area contributed by atoms with Gasteiger partial charge < -0.3 is 14.4 Å². The summed E-state index contributed by atoms with van der Waals surface area (Å²) in [7, 11) is 0. The number of hydrogen-bond donors (Lipinski definition) is 1. The Morgan fingerprint density at radius 2 is 2.24 bits per heavy atom. The number of phenolic OH excluding ortho intramolecular Hbond substituents is 1. The van der Waals surface area contributed by atoms with E-state index in [1.165, 1.54) is 12.1 Å². The van der Waals surface area contributed by atoms with Gasteiger partial charge in [-0.25, -0.2) is 4.79 Å². The average Bonchev–Trinajstić information content (AvgIpc) is 2.73. The molecule has 5 heteroatoms. The van der Waals surface area contributed by atoms with Crippen LogP contribution in [0.5, 0.6) is 5.75 Å². The lowest BCUT2D eigenvalue weighted by Crippen LogP contribution is -2.04. The van der Waals surface area contributed by atoms with Gasteiger partial charge in [0.05, 0.1) is 5.69 Å². The van der Waals surface area contributed by atoms with Crippen LogP contribution in [0, 0.1) is 6.92 Å². The van der Waals surface area contributed by atoms with Crippen LogP contribution < -0.4 is 0 Å². The first-order chi connectivity index (χ1) is 8.16. The molecule has 1 aromatic carbocycles. The predicted octanol–water partition coefficient (Wildman–Crippen LogP) is 2.05. The van der Waals surface area contributed by atoms with E-state index in [2.05, 4.69) is 5.16 Å². The third kappa shape index (κ3) is 2.63. The smallest absolute Gasteiger partial charge is 0.342 e. The van der Waals surface area contributed by atoms with Crippen molar-refractivity contribution >= 4 is 5.97 Å². The van der Waals surface area contributed by atoms with Crippen molar-refractivity contribution in [2.45, 2.75) is 13.5 Å². The van der Waals surface area contributed by atoms with E-state index >= 15 is 0 Å². The van der Waals surface area contributed by atoms with Crippen molar-refractivity contribution in [2.75, 3.05) is 0 Å². The Hall–Kier alpha value is -2.30. The van der Waals surface area contributed by atoms with E-state index in [0.717, 1.165) is 5.69 Å². The van der Waals surface area contributed by atoms with Crippen molar-refractivity contribution in [1.29, 1.82) is 0 Å². The third-order valence-corrected chi connectivity index (χ3v) is 2.15. The van der Waals surface area contributed by atoms with Gasteiger partial charge in [-0.1, -0.05) is 17.3 Å². The minimum Gasteiger partial charge on any atom is -0.507 e. The standard InChI is InChI=1S/C12H11NO4/c1-8-6-9(17-13-8)7-16-12(15)10-4-2-3-5-11(10)14/h2-6,14H,7H2,1H3. The fourth-order valence-corrected chi connectivity index (χ4v) is 1.35. The van der Waals surface area contributed by atoms with Crippen molar-refractivity contribution in [3.8, 4) is 5.75 Å². The van der Waals surface area contributed by atoms with Gasteiger partial charge in [-0.2, -0.15) is 0 Å². The molecule has 0 spiro atoms. The SMILES string of the molecule is Cc1cc(COC(=O)c2ccccc2O)on1. The van der Waals surface area contributed by atoms with Crippen LogP contribution >= 0.6 is 0 Å². The van der Waals surface area contributed by atoms with Crippen LogP contribution in [0.15, 0.2) is 34.9 Å². The van der Waals surface area contributed by atoms with Crippen molar-refractivity contribution in [3.63, 3.8) is 0 Å². The maximum Gasteiger partial charge on any atom is 0.342 e. The van der Waals surface area contributed by atoms with Gasteiger partial charge in [-0.05, 0) is 19.1 Å². The summed E-state index contributed by atoms with van der Waals surface area (Å²) in [4.78, 5) is 11.6. The normalized spacial score (nSPS) is 10.2. The number of hydrogen-bond acceptors (Lipinski definition) is 5. The van der Waals surface area contributed by atoms with Crippen molar-refractivity contribution in [3.05, 3.63) is 47.3 Å². The van der Waals surface area contributed by atoms with Crippen molar-refractivity contribution in [2.24, 2.45) is 0 Å². The fraction of sp³-hybridized carbons (Fsp3) is 0.167. The van der Waals surface area contributed by atoms with Crippen LogP contribution in [0.3, 0.4) is 0 Å². The summed E-state index contributed by atoms with van der Waals surface area (Å²) in [6, 6.07) is 7.87. The van der Waals surface area contributed by atoms with Gasteiger partial charge in [0, 0.05) is 6.07 Å². The highest BCUT2D eigenvalue weighted by molar-refractivity contribution is 5.92. The predicted molar refractivity (Wildman–Crippen MR) is 58.5 cm³/mol. The molecule has 0 fully saturated rings. The molecular weight excluding hydrogens is 222 g/mol. The van der Waals surface area contributed by atoms with E-state index < -0.39 is 5.97 Å². The number of rotatable bonds is 3. The van der Waals surface area contributed by atoms with Crippen LogP contribution in [0.25, 0.3) is 0 Å². The number of benzene rings is 1. The molecule has 1 heterocycles. The highest BCUT2D eigenvalue weighted by Crippen LogP contribution is 2.17. The van der Waals surface area contributed by atoms with E-state index in [4.69, 9.17) is 9.26 Å². The topological polar surface area (TPSA) is 72.6 Å². The monoisotopic (exact) mass is 233 g/mol. The van der Waals surface area contributed by atoms with Crippen LogP contribution in [0.2, 0.25) is 0 Å². The fourth-order valence-electron chi connectivity index (χ4n) is 1.35. The molecule has 0 amide bonds. The molecule has 1 N–H and O–H groups in total. The lowest BCUT2D eigenvalue weighted by atomic mass is 10.2. The Bertz CT molecular complexity index is 533. The quantitative estimate of drug-likeness (QED) is 0.821. The summed E-state index contributed by atoms with van der Waals surface area (Å²) in [5.74, 6) is -0.241. The van der Waals surface area contributed by atoms with Gasteiger partial charge >= 0.3 is 5.97 Å². The van der Waals surface area contributed by atoms with E-state index in [-0.39, 0.29) is 17.9 Å². The number of aromatic nitrogens is 1. The van der Waals surface area contributed by atoms with E-state index in [9.17, 15) is 9.90 Å². The molecule has 5 nitrogen and oxygen atoms in total. The number of phenols is 1. The van der Waals surface area contributed by atoms with E-state index in [1.54, 1.807) is 25.1 Å². The summed E-state index contributed by atoms with van der Waals surface area (Å²) in [5.41, 5.74) is 0.849. The molecule has 0 aliphatic carbocycles. The highest BCUT2D eigenvalue weighted by Gasteiger charge is 2.12. The van der Waals surface area contributed by atoms with Gasteiger partial charge in [0.15, 0.2) is 12.4 Å². The molecule has 0 saturated carbocycles. The number of nitrogens with zero attached hydrogens (tertiary/aromatic N) is 1. The van der Waals surface area contributed by atoms with Crippen LogP contribution in [-0.4, -0.2) is 16.2 Å². The van der Waals surface area contributed by atoms with Crippen molar-refractivity contribution in [1.82, 2.24) is 5.16 Å². The zero-order valence-electron chi connectivity index (χ0n) is 9.21. The number of aromatic hydroxyl groups is 1. The summed E-state index contributed by atoms with van der Waals surface area (Å²) in [6.07, 6.45) is 0. The minimum absolute atomic E-state index is 0.00594. The number of esters is 1. The highest BCUT2D eigenvalue weighted by atomic mass is 16.5. The Morgan fingerprint density at radius 3 is 2.88 bits per heavy atom. The molecule has 0 saturated heterocycles. The Balaban J connectivity index is 2.01. The second-order valence-corrected chi connectivity index (χ2v) is 3.53. The third-order valence-electron chi connectivity index (χ3n) is 2.15. The first-order valence-corrected chi connectivity index (χ1v) is 5.04. The van der Waals surface area contributed by atoms with Gasteiger partial charge in [-0.3, -0.25) is 0 Å². The van der Waals surface area contributed by atoms with E-state index in [1.807, 2.05) is 0 Å². The second-order valence-electron chi connectivity index (χ2n) is 3.53. The van der Waals surface area contributed by atoms with Crippen LogP contribution in [-0.2, 0) is 11.3 Å². The van der Waals surface area contributed by atoms with E-state index in [0.29, 0.717) is 5.76 Å². The molecule has 0 aliphatic heterocycles. The Morgan fingerprint density at radius 1 is 1.47 bits per heavy atom. The number of ether oxygens (including phenoxy) is 1. The average molecular weight is 233 g/mol. The van der Waals surface area contributed by atoms with Gasteiger partial charge in [0.2, 0.25) is 0 Å². The maximum atomic E-state index is 11.6. The molecule has 0 aliphatic rings. The first-order valence-electron chi connectivity index (χ1n) is 5.04. The lowest BCUT2D eigenvalue weighted by Gasteiger charge is -2.03. The Kier molecular flexibility index (Phi) is 3.09. The van der Waals surface area contributed by atoms with Crippen LogP contribution in [0.1, 0.15) is 21.8 Å². The number of carbonyl (C=O) groups excluding carboxylic acids is 1. The summed E-state index contributed by atoms with van der Waals surface area (Å²) >= 11 is 0. The lowest BCUT2D eigenvalue weighted by molar-refractivity contribution is 0.0434. The number of carbonyl (C=O) groups is 1.